The van der Waals surface area contributed by atoms with Crippen molar-refractivity contribution in [2.24, 2.45) is 5.92 Å². The Hall–Kier alpha value is -1.55. The van der Waals surface area contributed by atoms with Crippen LogP contribution in [0.1, 0.15) is 23.2 Å². The molecule has 18 heavy (non-hydrogen) atoms. The monoisotopic (exact) mass is 248 g/mol. The third-order valence-electron chi connectivity index (χ3n) is 3.41. The first-order valence-corrected chi connectivity index (χ1v) is 6.42. The van der Waals surface area contributed by atoms with Crippen LogP contribution in [0.25, 0.3) is 0 Å². The number of phenolic OH excluding ortho intramolecular Hbond substituents is 1. The van der Waals surface area contributed by atoms with Crippen molar-refractivity contribution >= 4 is 5.91 Å². The van der Waals surface area contributed by atoms with Crippen molar-refractivity contribution in [1.82, 2.24) is 10.2 Å². The van der Waals surface area contributed by atoms with E-state index in [4.69, 9.17) is 0 Å². The van der Waals surface area contributed by atoms with E-state index in [0.717, 1.165) is 26.1 Å². The largest absolute Gasteiger partial charge is 0.507 e. The van der Waals surface area contributed by atoms with Crippen LogP contribution in [0.15, 0.2) is 24.3 Å². The average Bonchev–Trinajstić information content (AvgIpc) is 2.39. The quantitative estimate of drug-likeness (QED) is 0.851. The van der Waals surface area contributed by atoms with Crippen LogP contribution in [0, 0.1) is 5.92 Å². The molecule has 1 heterocycles. The second kappa shape index (κ2) is 5.87. The topological polar surface area (TPSA) is 52.6 Å². The number of para-hydroxylation sites is 1. The Morgan fingerprint density at radius 3 is 2.94 bits per heavy atom. The molecule has 0 aliphatic carbocycles. The fourth-order valence-corrected chi connectivity index (χ4v) is 2.41. The van der Waals surface area contributed by atoms with Crippen molar-refractivity contribution in [3.05, 3.63) is 29.8 Å². The number of rotatable bonds is 3. The van der Waals surface area contributed by atoms with Gasteiger partial charge in [0.1, 0.15) is 5.75 Å². The van der Waals surface area contributed by atoms with Gasteiger partial charge in [0.25, 0.3) is 5.91 Å². The Bertz CT molecular complexity index is 414. The van der Waals surface area contributed by atoms with Gasteiger partial charge < -0.3 is 15.3 Å². The normalized spacial score (nSPS) is 19.5. The van der Waals surface area contributed by atoms with E-state index >= 15 is 0 Å². The van der Waals surface area contributed by atoms with Gasteiger partial charge in [-0.2, -0.15) is 0 Å². The molecule has 1 unspecified atom stereocenters. The Morgan fingerprint density at radius 1 is 1.50 bits per heavy atom. The zero-order valence-electron chi connectivity index (χ0n) is 10.7. The molecule has 0 bridgehead atoms. The second-order valence-electron chi connectivity index (χ2n) is 4.92. The molecule has 98 valence electrons. The smallest absolute Gasteiger partial charge is 0.257 e. The predicted octanol–water partition coefficient (Wildman–Crippen LogP) is 1.46. The molecule has 4 nitrogen and oxygen atoms in total. The summed E-state index contributed by atoms with van der Waals surface area (Å²) in [7, 11) is 1.80. The van der Waals surface area contributed by atoms with Gasteiger partial charge >= 0.3 is 0 Å². The first-order chi connectivity index (χ1) is 8.68. The summed E-state index contributed by atoms with van der Waals surface area (Å²) in [6.07, 6.45) is 2.33. The number of aromatic hydroxyl groups is 1. The molecule has 1 fully saturated rings. The predicted molar refractivity (Wildman–Crippen MR) is 70.7 cm³/mol. The SMILES string of the molecule is CN(CC1CCCNC1)C(=O)c1ccccc1O. The third kappa shape index (κ3) is 3.01. The average molecular weight is 248 g/mol. The minimum absolute atomic E-state index is 0.0520. The molecule has 1 saturated heterocycles. The van der Waals surface area contributed by atoms with Crippen molar-refractivity contribution in [2.45, 2.75) is 12.8 Å². The highest BCUT2D eigenvalue weighted by atomic mass is 16.3. The molecule has 1 aliphatic heterocycles. The van der Waals surface area contributed by atoms with Crippen LogP contribution < -0.4 is 5.32 Å². The van der Waals surface area contributed by atoms with Crippen LogP contribution in [-0.2, 0) is 0 Å². The number of benzene rings is 1. The van der Waals surface area contributed by atoms with Gasteiger partial charge in [-0.3, -0.25) is 4.79 Å². The maximum atomic E-state index is 12.2. The van der Waals surface area contributed by atoms with E-state index in [2.05, 4.69) is 5.32 Å². The molecule has 2 N–H and O–H groups in total. The van der Waals surface area contributed by atoms with Gasteiger partial charge in [-0.25, -0.2) is 0 Å². The van der Waals surface area contributed by atoms with Gasteiger partial charge in [-0.05, 0) is 44.0 Å². The molecule has 1 aromatic carbocycles. The lowest BCUT2D eigenvalue weighted by molar-refractivity contribution is 0.0761. The van der Waals surface area contributed by atoms with E-state index in [1.807, 2.05) is 0 Å². The summed E-state index contributed by atoms with van der Waals surface area (Å²) in [4.78, 5) is 13.9. The fourth-order valence-electron chi connectivity index (χ4n) is 2.41. The van der Waals surface area contributed by atoms with Crippen molar-refractivity contribution in [3.8, 4) is 5.75 Å². The third-order valence-corrected chi connectivity index (χ3v) is 3.41. The van der Waals surface area contributed by atoms with Crippen LogP contribution in [0.3, 0.4) is 0 Å². The van der Waals surface area contributed by atoms with Gasteiger partial charge in [-0.15, -0.1) is 0 Å². The Morgan fingerprint density at radius 2 is 2.28 bits per heavy atom. The summed E-state index contributed by atoms with van der Waals surface area (Å²) in [5.41, 5.74) is 0.378. The molecular formula is C14H20N2O2. The van der Waals surface area contributed by atoms with Crippen molar-refractivity contribution in [1.29, 1.82) is 0 Å². The van der Waals surface area contributed by atoms with Crippen molar-refractivity contribution < 1.29 is 9.90 Å². The number of carbonyl (C=O) groups is 1. The molecule has 1 amide bonds. The lowest BCUT2D eigenvalue weighted by atomic mass is 9.99. The maximum Gasteiger partial charge on any atom is 0.257 e. The van der Waals surface area contributed by atoms with Crippen LogP contribution in [0.5, 0.6) is 5.75 Å². The van der Waals surface area contributed by atoms with Gasteiger partial charge in [0, 0.05) is 13.6 Å². The van der Waals surface area contributed by atoms with Crippen LogP contribution in [-0.4, -0.2) is 42.6 Å². The number of phenols is 1. The zero-order valence-corrected chi connectivity index (χ0v) is 10.7. The highest BCUT2D eigenvalue weighted by molar-refractivity contribution is 5.96. The molecule has 0 spiro atoms. The standard InChI is InChI=1S/C14H20N2O2/c1-16(10-11-5-4-8-15-9-11)14(18)12-6-2-3-7-13(12)17/h2-3,6-7,11,15,17H,4-5,8-10H2,1H3. The number of amides is 1. The Labute approximate surface area is 108 Å². The minimum Gasteiger partial charge on any atom is -0.507 e. The summed E-state index contributed by atoms with van der Waals surface area (Å²) in [5.74, 6) is 0.452. The minimum atomic E-state index is -0.112. The molecule has 1 aliphatic rings. The summed E-state index contributed by atoms with van der Waals surface area (Å²) in [6.45, 7) is 2.78. The summed E-state index contributed by atoms with van der Waals surface area (Å²) in [5, 5.41) is 13.0. The zero-order chi connectivity index (χ0) is 13.0. The van der Waals surface area contributed by atoms with Gasteiger partial charge in [0.05, 0.1) is 5.56 Å². The lowest BCUT2D eigenvalue weighted by Gasteiger charge is -2.27. The maximum absolute atomic E-state index is 12.2. The summed E-state index contributed by atoms with van der Waals surface area (Å²) < 4.78 is 0. The van der Waals surface area contributed by atoms with Crippen molar-refractivity contribution in [3.63, 3.8) is 0 Å². The van der Waals surface area contributed by atoms with E-state index in [-0.39, 0.29) is 11.7 Å². The lowest BCUT2D eigenvalue weighted by Crippen LogP contribution is -2.39. The van der Waals surface area contributed by atoms with Gasteiger partial charge in [0.2, 0.25) is 0 Å². The number of hydrogen-bond donors (Lipinski definition) is 2. The van der Waals surface area contributed by atoms with Crippen molar-refractivity contribution in [2.75, 3.05) is 26.7 Å². The molecule has 1 aromatic rings. The molecule has 1 atom stereocenters. The van der Waals surface area contributed by atoms with E-state index in [1.54, 1.807) is 36.2 Å². The number of carbonyl (C=O) groups excluding carboxylic acids is 1. The summed E-state index contributed by atoms with van der Waals surface area (Å²) >= 11 is 0. The molecule has 2 rings (SSSR count). The molecule has 0 radical (unpaired) electrons. The molecule has 0 aromatic heterocycles. The van der Waals surface area contributed by atoms with Gasteiger partial charge in [0.15, 0.2) is 0 Å². The molecular weight excluding hydrogens is 228 g/mol. The molecule has 4 heteroatoms. The summed E-state index contributed by atoms with van der Waals surface area (Å²) in [6, 6.07) is 6.69. The van der Waals surface area contributed by atoms with Crippen LogP contribution in [0.4, 0.5) is 0 Å². The number of hydrogen-bond acceptors (Lipinski definition) is 3. The first kappa shape index (κ1) is 12.9. The number of piperidine rings is 1. The van der Waals surface area contributed by atoms with Crippen LogP contribution in [0.2, 0.25) is 0 Å². The van der Waals surface area contributed by atoms with E-state index in [0.29, 0.717) is 11.5 Å². The highest BCUT2D eigenvalue weighted by Crippen LogP contribution is 2.19. The number of nitrogens with zero attached hydrogens (tertiary/aromatic N) is 1. The van der Waals surface area contributed by atoms with Crippen LogP contribution >= 0.6 is 0 Å². The fraction of sp³-hybridized carbons (Fsp3) is 0.500. The number of nitrogens with one attached hydrogen (secondary N) is 1. The first-order valence-electron chi connectivity index (χ1n) is 6.42. The second-order valence-corrected chi connectivity index (χ2v) is 4.92. The van der Waals surface area contributed by atoms with E-state index in [9.17, 15) is 9.90 Å². The van der Waals surface area contributed by atoms with E-state index in [1.165, 1.54) is 6.42 Å². The molecule has 0 saturated carbocycles. The highest BCUT2D eigenvalue weighted by Gasteiger charge is 2.20. The Balaban J connectivity index is 1.98. The Kier molecular flexibility index (Phi) is 4.20. The van der Waals surface area contributed by atoms with Gasteiger partial charge in [-0.1, -0.05) is 12.1 Å². The van der Waals surface area contributed by atoms with E-state index < -0.39 is 0 Å².